The van der Waals surface area contributed by atoms with Crippen LogP contribution in [-0.4, -0.2) is 35.3 Å². The van der Waals surface area contributed by atoms with E-state index in [1.54, 1.807) is 5.38 Å². The van der Waals surface area contributed by atoms with E-state index in [9.17, 15) is 4.79 Å². The van der Waals surface area contributed by atoms with Gasteiger partial charge in [-0.05, 0) is 12.8 Å². The molecule has 1 heterocycles. The van der Waals surface area contributed by atoms with Crippen LogP contribution in [0.5, 0.6) is 0 Å². The first kappa shape index (κ1) is 13.3. The Morgan fingerprint density at radius 2 is 2.33 bits per heavy atom. The van der Waals surface area contributed by atoms with Crippen molar-refractivity contribution in [2.75, 3.05) is 18.5 Å². The second-order valence-corrected chi connectivity index (χ2v) is 5.28. The highest BCUT2D eigenvalue weighted by molar-refractivity contribution is 7.13. The van der Waals surface area contributed by atoms with Crippen LogP contribution in [0.1, 0.15) is 31.4 Å². The molecule has 1 aliphatic carbocycles. The fraction of sp³-hybridized carbons (Fsp3) is 0.667. The van der Waals surface area contributed by atoms with Crippen molar-refractivity contribution in [3.63, 3.8) is 0 Å². The molecular weight excluding hydrogens is 252 g/mol. The van der Waals surface area contributed by atoms with E-state index < -0.39 is 5.97 Å². The fourth-order valence-electron chi connectivity index (χ4n) is 2.06. The Morgan fingerprint density at radius 3 is 3.06 bits per heavy atom. The maximum atomic E-state index is 10.5. The van der Waals surface area contributed by atoms with Crippen molar-refractivity contribution in [2.24, 2.45) is 0 Å². The van der Waals surface area contributed by atoms with Crippen LogP contribution in [0.3, 0.4) is 0 Å². The van der Waals surface area contributed by atoms with Gasteiger partial charge in [-0.3, -0.25) is 4.79 Å². The number of carbonyl (C=O) groups is 1. The van der Waals surface area contributed by atoms with E-state index in [0.717, 1.165) is 11.7 Å². The van der Waals surface area contributed by atoms with E-state index in [4.69, 9.17) is 9.84 Å². The summed E-state index contributed by atoms with van der Waals surface area (Å²) in [7, 11) is 0. The molecule has 0 spiro atoms. The molecule has 0 saturated heterocycles. The third kappa shape index (κ3) is 4.27. The van der Waals surface area contributed by atoms with E-state index in [2.05, 4.69) is 10.3 Å². The molecule has 6 heteroatoms. The van der Waals surface area contributed by atoms with Crippen LogP contribution in [0.4, 0.5) is 5.13 Å². The molecule has 5 nitrogen and oxygen atoms in total. The molecule has 1 aromatic heterocycles. The van der Waals surface area contributed by atoms with Crippen molar-refractivity contribution in [1.82, 2.24) is 4.98 Å². The second-order valence-electron chi connectivity index (χ2n) is 4.42. The maximum absolute atomic E-state index is 10.5. The zero-order chi connectivity index (χ0) is 12.8. The van der Waals surface area contributed by atoms with E-state index in [1.807, 2.05) is 0 Å². The Hall–Kier alpha value is -1.14. The lowest BCUT2D eigenvalue weighted by atomic mass is 10.3. The van der Waals surface area contributed by atoms with Crippen LogP contribution in [0, 0.1) is 0 Å². The minimum atomic E-state index is -0.851. The highest BCUT2D eigenvalue weighted by Crippen LogP contribution is 2.20. The average molecular weight is 270 g/mol. The molecule has 100 valence electrons. The van der Waals surface area contributed by atoms with E-state index in [0.29, 0.717) is 18.4 Å². The number of ether oxygens (including phenoxy) is 1. The van der Waals surface area contributed by atoms with Gasteiger partial charge in [0.1, 0.15) is 0 Å². The van der Waals surface area contributed by atoms with Gasteiger partial charge in [0.25, 0.3) is 0 Å². The smallest absolute Gasteiger partial charge is 0.309 e. The standard InChI is InChI=1S/C12H18N2O3S/c15-11(16)7-9-8-18-12(14-9)13-5-6-17-10-3-1-2-4-10/h8,10H,1-7H2,(H,13,14)(H,15,16). The third-order valence-corrected chi connectivity index (χ3v) is 3.77. The predicted octanol–water partition coefficient (Wildman–Crippen LogP) is 2.14. The number of thiazole rings is 1. The number of carboxylic acids is 1. The number of nitrogens with one attached hydrogen (secondary N) is 1. The topological polar surface area (TPSA) is 71.5 Å². The van der Waals surface area contributed by atoms with E-state index in [1.165, 1.54) is 37.0 Å². The monoisotopic (exact) mass is 270 g/mol. The van der Waals surface area contributed by atoms with Gasteiger partial charge in [0, 0.05) is 11.9 Å². The quantitative estimate of drug-likeness (QED) is 0.743. The molecule has 1 fully saturated rings. The number of anilines is 1. The van der Waals surface area contributed by atoms with Crippen LogP contribution in [-0.2, 0) is 16.0 Å². The van der Waals surface area contributed by atoms with Gasteiger partial charge in [-0.1, -0.05) is 12.8 Å². The lowest BCUT2D eigenvalue weighted by Gasteiger charge is -2.10. The van der Waals surface area contributed by atoms with E-state index >= 15 is 0 Å². The zero-order valence-corrected chi connectivity index (χ0v) is 11.0. The van der Waals surface area contributed by atoms with Crippen LogP contribution in [0.2, 0.25) is 0 Å². The summed E-state index contributed by atoms with van der Waals surface area (Å²) in [5.41, 5.74) is 0.603. The van der Waals surface area contributed by atoms with Gasteiger partial charge < -0.3 is 15.2 Å². The fourth-order valence-corrected chi connectivity index (χ4v) is 2.80. The maximum Gasteiger partial charge on any atom is 0.309 e. The highest BCUT2D eigenvalue weighted by Gasteiger charge is 2.14. The molecule has 1 aliphatic rings. The zero-order valence-electron chi connectivity index (χ0n) is 10.2. The summed E-state index contributed by atoms with van der Waals surface area (Å²) in [5.74, 6) is -0.851. The lowest BCUT2D eigenvalue weighted by molar-refractivity contribution is -0.136. The molecule has 1 aromatic rings. The number of carboxylic acid groups (broad SMARTS) is 1. The molecule has 0 bridgehead atoms. The molecule has 0 amide bonds. The lowest BCUT2D eigenvalue weighted by Crippen LogP contribution is -2.15. The summed E-state index contributed by atoms with van der Waals surface area (Å²) in [4.78, 5) is 14.7. The predicted molar refractivity (Wildman–Crippen MR) is 70.2 cm³/mol. The number of rotatable bonds is 7. The van der Waals surface area contributed by atoms with Crippen LogP contribution in [0.25, 0.3) is 0 Å². The van der Waals surface area contributed by atoms with Gasteiger partial charge in [-0.25, -0.2) is 4.98 Å². The van der Waals surface area contributed by atoms with Crippen molar-refractivity contribution in [3.8, 4) is 0 Å². The first-order chi connectivity index (χ1) is 8.74. The van der Waals surface area contributed by atoms with Gasteiger partial charge in [0.15, 0.2) is 5.13 Å². The minimum Gasteiger partial charge on any atom is -0.481 e. The van der Waals surface area contributed by atoms with E-state index in [-0.39, 0.29) is 6.42 Å². The Bertz CT molecular complexity index is 388. The number of aliphatic carboxylic acids is 1. The molecule has 2 rings (SSSR count). The van der Waals surface area contributed by atoms with Crippen LogP contribution in [0.15, 0.2) is 5.38 Å². The molecule has 0 atom stereocenters. The minimum absolute atomic E-state index is 0.0171. The molecule has 18 heavy (non-hydrogen) atoms. The van der Waals surface area contributed by atoms with Crippen molar-refractivity contribution >= 4 is 22.4 Å². The molecule has 0 aromatic carbocycles. The highest BCUT2D eigenvalue weighted by atomic mass is 32.1. The number of aromatic nitrogens is 1. The molecule has 2 N–H and O–H groups in total. The summed E-state index contributed by atoms with van der Waals surface area (Å²) >= 11 is 1.43. The summed E-state index contributed by atoms with van der Waals surface area (Å²) in [6, 6.07) is 0. The number of hydrogen-bond donors (Lipinski definition) is 2. The third-order valence-electron chi connectivity index (χ3n) is 2.92. The van der Waals surface area contributed by atoms with Crippen LogP contribution < -0.4 is 5.32 Å². The Morgan fingerprint density at radius 1 is 1.56 bits per heavy atom. The summed E-state index contributed by atoms with van der Waals surface area (Å²) in [5, 5.41) is 14.3. The number of hydrogen-bond acceptors (Lipinski definition) is 5. The molecule has 0 radical (unpaired) electrons. The van der Waals surface area contributed by atoms with Gasteiger partial charge in [-0.2, -0.15) is 0 Å². The first-order valence-electron chi connectivity index (χ1n) is 6.25. The largest absolute Gasteiger partial charge is 0.481 e. The summed E-state index contributed by atoms with van der Waals surface area (Å²) in [6.45, 7) is 1.40. The molecule has 1 saturated carbocycles. The Kier molecular flexibility index (Phi) is 4.95. The van der Waals surface area contributed by atoms with Crippen molar-refractivity contribution in [1.29, 1.82) is 0 Å². The summed E-state index contributed by atoms with van der Waals surface area (Å²) < 4.78 is 5.72. The molecule has 0 aliphatic heterocycles. The van der Waals surface area contributed by atoms with Gasteiger partial charge in [0.2, 0.25) is 0 Å². The van der Waals surface area contributed by atoms with Gasteiger partial charge in [0.05, 0.1) is 24.8 Å². The van der Waals surface area contributed by atoms with Crippen molar-refractivity contribution in [2.45, 2.75) is 38.2 Å². The van der Waals surface area contributed by atoms with Crippen LogP contribution >= 0.6 is 11.3 Å². The van der Waals surface area contributed by atoms with Crippen molar-refractivity contribution < 1.29 is 14.6 Å². The number of nitrogens with zero attached hydrogens (tertiary/aromatic N) is 1. The normalized spacial score (nSPS) is 16.0. The first-order valence-corrected chi connectivity index (χ1v) is 7.13. The Labute approximate surface area is 110 Å². The second kappa shape index (κ2) is 6.70. The Balaban J connectivity index is 1.63. The van der Waals surface area contributed by atoms with Crippen molar-refractivity contribution in [3.05, 3.63) is 11.1 Å². The molecule has 0 unspecified atom stereocenters. The van der Waals surface area contributed by atoms with Gasteiger partial charge >= 0.3 is 5.97 Å². The average Bonchev–Trinajstić information content (AvgIpc) is 2.95. The van der Waals surface area contributed by atoms with Gasteiger partial charge in [-0.15, -0.1) is 11.3 Å². The summed E-state index contributed by atoms with van der Waals surface area (Å²) in [6.07, 6.45) is 5.34. The SMILES string of the molecule is O=C(O)Cc1csc(NCCOC2CCCC2)n1. The molecular formula is C12H18N2O3S.